The van der Waals surface area contributed by atoms with E-state index in [9.17, 15) is 9.18 Å². The van der Waals surface area contributed by atoms with Gasteiger partial charge < -0.3 is 9.64 Å². The quantitative estimate of drug-likeness (QED) is 0.763. The number of halogens is 1. The fourth-order valence-electron chi connectivity index (χ4n) is 3.61. The molecular weight excluding hydrogens is 339 g/mol. The van der Waals surface area contributed by atoms with Crippen LogP contribution in [0.2, 0.25) is 0 Å². The minimum absolute atomic E-state index is 0.0751. The second-order valence-electron chi connectivity index (χ2n) is 6.22. The molecule has 1 aliphatic rings. The third-order valence-electron chi connectivity index (χ3n) is 4.86. The van der Waals surface area contributed by atoms with Gasteiger partial charge in [0.1, 0.15) is 18.0 Å². The van der Waals surface area contributed by atoms with Crippen LogP contribution in [0, 0.1) is 5.82 Å². The Hall–Kier alpha value is -2.81. The lowest BCUT2D eigenvalue weighted by atomic mass is 10.1. The van der Waals surface area contributed by atoms with Gasteiger partial charge in [0.05, 0.1) is 23.0 Å². The highest BCUT2D eigenvalue weighted by molar-refractivity contribution is 5.90. The first-order valence-corrected chi connectivity index (χ1v) is 8.47. The maximum Gasteiger partial charge on any atom is 0.343 e. The summed E-state index contributed by atoms with van der Waals surface area (Å²) in [6.45, 7) is 2.89. The van der Waals surface area contributed by atoms with Crippen molar-refractivity contribution in [3.8, 4) is 0 Å². The van der Waals surface area contributed by atoms with Crippen molar-refractivity contribution in [3.05, 3.63) is 46.7 Å². The number of ether oxygens (including phenoxy) is 1. The molecule has 3 aromatic rings. The van der Waals surface area contributed by atoms with Crippen LogP contribution in [-0.4, -0.2) is 44.5 Å². The molecule has 4 rings (SSSR count). The number of methoxy groups -OCH3 is 1. The van der Waals surface area contributed by atoms with Crippen LogP contribution < -0.4 is 10.6 Å². The van der Waals surface area contributed by atoms with E-state index >= 15 is 0 Å². The van der Waals surface area contributed by atoms with Crippen LogP contribution in [0.1, 0.15) is 25.2 Å². The van der Waals surface area contributed by atoms with Gasteiger partial charge in [0.2, 0.25) is 0 Å². The van der Waals surface area contributed by atoms with Crippen molar-refractivity contribution >= 4 is 16.7 Å². The third-order valence-corrected chi connectivity index (χ3v) is 4.86. The molecule has 0 amide bonds. The first-order valence-electron chi connectivity index (χ1n) is 8.47. The van der Waals surface area contributed by atoms with E-state index in [0.29, 0.717) is 42.1 Å². The summed E-state index contributed by atoms with van der Waals surface area (Å²) in [6, 6.07) is 4.51. The number of nitrogens with one attached hydrogen (secondary N) is 1. The summed E-state index contributed by atoms with van der Waals surface area (Å²) in [7, 11) is 1.64. The van der Waals surface area contributed by atoms with E-state index in [1.54, 1.807) is 23.8 Å². The summed E-state index contributed by atoms with van der Waals surface area (Å²) >= 11 is 0. The van der Waals surface area contributed by atoms with Crippen molar-refractivity contribution in [2.24, 2.45) is 0 Å². The molecule has 9 heteroatoms. The van der Waals surface area contributed by atoms with Gasteiger partial charge in [-0.1, -0.05) is 6.07 Å². The van der Waals surface area contributed by atoms with E-state index < -0.39 is 0 Å². The minimum atomic E-state index is -0.382. The largest absolute Gasteiger partial charge is 0.380 e. The van der Waals surface area contributed by atoms with Gasteiger partial charge in [-0.05, 0) is 19.1 Å². The zero-order chi connectivity index (χ0) is 18.3. The van der Waals surface area contributed by atoms with Gasteiger partial charge in [-0.2, -0.15) is 5.10 Å². The van der Waals surface area contributed by atoms with E-state index in [-0.39, 0.29) is 23.7 Å². The Morgan fingerprint density at radius 1 is 1.38 bits per heavy atom. The Morgan fingerprint density at radius 3 is 3.00 bits per heavy atom. The van der Waals surface area contributed by atoms with Crippen LogP contribution in [0.5, 0.6) is 0 Å². The zero-order valence-electron chi connectivity index (χ0n) is 14.5. The lowest BCUT2D eigenvalue weighted by molar-refractivity contribution is 0.118. The zero-order valence-corrected chi connectivity index (χ0v) is 14.5. The molecule has 26 heavy (non-hydrogen) atoms. The number of anilines is 1. The number of benzene rings is 1. The van der Waals surface area contributed by atoms with Crippen molar-refractivity contribution < 1.29 is 9.13 Å². The summed E-state index contributed by atoms with van der Waals surface area (Å²) in [5, 5.41) is 7.07. The van der Waals surface area contributed by atoms with Gasteiger partial charge in [0.25, 0.3) is 0 Å². The summed E-state index contributed by atoms with van der Waals surface area (Å²) in [6.07, 6.45) is 1.97. The molecule has 0 aliphatic carbocycles. The molecule has 0 bridgehead atoms. The Morgan fingerprint density at radius 2 is 2.23 bits per heavy atom. The van der Waals surface area contributed by atoms with Crippen LogP contribution in [0.4, 0.5) is 10.2 Å². The molecular formula is C17H19FN6O2. The highest BCUT2D eigenvalue weighted by atomic mass is 19.1. The van der Waals surface area contributed by atoms with Gasteiger partial charge in [-0.25, -0.2) is 24.3 Å². The SMILES string of the molecule is CCn1c([C@@H]2C[C@H](OC)CN2c2ncnc3cccc(F)c23)n[nH]c1=O. The number of aromatic nitrogens is 5. The number of aromatic amines is 1. The molecule has 1 aliphatic heterocycles. The van der Waals surface area contributed by atoms with Gasteiger partial charge in [-0.3, -0.25) is 4.57 Å². The van der Waals surface area contributed by atoms with Crippen LogP contribution in [-0.2, 0) is 11.3 Å². The molecule has 0 saturated carbocycles. The average molecular weight is 358 g/mol. The number of rotatable bonds is 4. The number of hydrogen-bond acceptors (Lipinski definition) is 6. The number of hydrogen-bond donors (Lipinski definition) is 1. The fourth-order valence-corrected chi connectivity index (χ4v) is 3.61. The normalized spacial score (nSPS) is 20.2. The Labute approximate surface area is 148 Å². The maximum atomic E-state index is 14.5. The van der Waals surface area contributed by atoms with Crippen LogP contribution in [0.25, 0.3) is 10.9 Å². The maximum absolute atomic E-state index is 14.5. The highest BCUT2D eigenvalue weighted by Crippen LogP contribution is 2.38. The molecule has 136 valence electrons. The first kappa shape index (κ1) is 16.6. The number of H-pyrrole nitrogens is 1. The topological polar surface area (TPSA) is 88.9 Å². The molecule has 2 atom stereocenters. The molecule has 1 saturated heterocycles. The fraction of sp³-hybridized carbons (Fsp3) is 0.412. The van der Waals surface area contributed by atoms with Gasteiger partial charge >= 0.3 is 5.69 Å². The van der Waals surface area contributed by atoms with Gasteiger partial charge in [0.15, 0.2) is 5.82 Å². The predicted octanol–water partition coefficient (Wildman–Crippen LogP) is 1.64. The molecule has 0 spiro atoms. The molecule has 0 unspecified atom stereocenters. The lowest BCUT2D eigenvalue weighted by Crippen LogP contribution is -2.29. The molecule has 8 nitrogen and oxygen atoms in total. The molecule has 1 fully saturated rings. The van der Waals surface area contributed by atoms with Crippen molar-refractivity contribution in [3.63, 3.8) is 0 Å². The van der Waals surface area contributed by atoms with Crippen LogP contribution in [0.3, 0.4) is 0 Å². The van der Waals surface area contributed by atoms with Crippen LogP contribution in [0.15, 0.2) is 29.3 Å². The molecule has 0 radical (unpaired) electrons. The van der Waals surface area contributed by atoms with Crippen molar-refractivity contribution in [2.45, 2.75) is 32.0 Å². The second-order valence-corrected chi connectivity index (χ2v) is 6.22. The van der Waals surface area contributed by atoms with E-state index in [1.165, 1.54) is 12.4 Å². The summed E-state index contributed by atoms with van der Waals surface area (Å²) < 4.78 is 21.7. The number of nitrogens with zero attached hydrogens (tertiary/aromatic N) is 5. The van der Waals surface area contributed by atoms with E-state index in [4.69, 9.17) is 4.74 Å². The van der Waals surface area contributed by atoms with Gasteiger partial charge in [0, 0.05) is 26.6 Å². The van der Waals surface area contributed by atoms with E-state index in [2.05, 4.69) is 20.2 Å². The van der Waals surface area contributed by atoms with Crippen molar-refractivity contribution in [1.82, 2.24) is 24.7 Å². The Kier molecular flexibility index (Phi) is 4.15. The molecule has 1 N–H and O–H groups in total. The van der Waals surface area contributed by atoms with E-state index in [0.717, 1.165) is 0 Å². The average Bonchev–Trinajstić information content (AvgIpc) is 3.24. The molecule has 3 heterocycles. The third kappa shape index (κ3) is 2.55. The predicted molar refractivity (Wildman–Crippen MR) is 93.5 cm³/mol. The standard InChI is InChI=1S/C17H19FN6O2/c1-3-23-15(21-22-17(23)25)13-7-10(26-2)8-24(13)16-14-11(18)5-4-6-12(14)19-9-20-16/h4-6,9-10,13H,3,7-8H2,1-2H3,(H,22,25)/t10-,13-/m0/s1. The molecule has 2 aromatic heterocycles. The van der Waals surface area contributed by atoms with Crippen molar-refractivity contribution in [1.29, 1.82) is 0 Å². The summed E-state index contributed by atoms with van der Waals surface area (Å²) in [5.74, 6) is 0.698. The Bertz CT molecular complexity index is 995. The van der Waals surface area contributed by atoms with E-state index in [1.807, 2.05) is 11.8 Å². The van der Waals surface area contributed by atoms with Crippen LogP contribution >= 0.6 is 0 Å². The number of fused-ring (bicyclic) bond motifs is 1. The molecule has 1 aromatic carbocycles. The second kappa shape index (κ2) is 6.49. The van der Waals surface area contributed by atoms with Gasteiger partial charge in [-0.15, -0.1) is 0 Å². The summed E-state index contributed by atoms with van der Waals surface area (Å²) in [4.78, 5) is 22.5. The summed E-state index contributed by atoms with van der Waals surface area (Å²) in [5.41, 5.74) is 0.270. The minimum Gasteiger partial charge on any atom is -0.380 e. The highest BCUT2D eigenvalue weighted by Gasteiger charge is 2.38. The van der Waals surface area contributed by atoms with Crippen molar-refractivity contribution in [2.75, 3.05) is 18.6 Å². The smallest absolute Gasteiger partial charge is 0.343 e. The monoisotopic (exact) mass is 358 g/mol. The Balaban J connectivity index is 1.87. The lowest BCUT2D eigenvalue weighted by Gasteiger charge is -2.25. The first-order chi connectivity index (χ1) is 12.6.